The summed E-state index contributed by atoms with van der Waals surface area (Å²) >= 11 is 0. The highest BCUT2D eigenvalue weighted by atomic mass is 16.6. The molecule has 0 bridgehead atoms. The summed E-state index contributed by atoms with van der Waals surface area (Å²) in [6.45, 7) is 5.27. The number of carbonyl (C=O) groups is 2. The number of esters is 2. The van der Waals surface area contributed by atoms with Gasteiger partial charge >= 0.3 is 11.9 Å². The van der Waals surface area contributed by atoms with E-state index in [2.05, 4.69) is 13.8 Å². The smallest absolute Gasteiger partial charge is 0.374 e. The zero-order valence-electron chi connectivity index (χ0n) is 24.2. The first kappa shape index (κ1) is 33.2. The Hall–Kier alpha value is -1.78. The van der Waals surface area contributed by atoms with Gasteiger partial charge in [-0.3, -0.25) is 0 Å². The van der Waals surface area contributed by atoms with E-state index in [1.165, 1.54) is 128 Å². The lowest BCUT2D eigenvalue weighted by Crippen LogP contribution is -2.07. The second-order valence-corrected chi connectivity index (χ2v) is 10.5. The first-order valence-corrected chi connectivity index (χ1v) is 15.6. The molecule has 37 heavy (non-hydrogen) atoms. The maximum atomic E-state index is 12.2. The van der Waals surface area contributed by atoms with Gasteiger partial charge in [0.2, 0.25) is 11.5 Å². The van der Waals surface area contributed by atoms with E-state index in [-0.39, 0.29) is 11.5 Å². The van der Waals surface area contributed by atoms with E-state index < -0.39 is 11.9 Å². The van der Waals surface area contributed by atoms with Crippen molar-refractivity contribution in [1.82, 2.24) is 0 Å². The highest BCUT2D eigenvalue weighted by molar-refractivity contribution is 5.90. The Morgan fingerprint density at radius 3 is 1.05 bits per heavy atom. The normalized spacial score (nSPS) is 11.1. The Morgan fingerprint density at radius 1 is 0.486 bits per heavy atom. The molecule has 0 aromatic carbocycles. The zero-order chi connectivity index (χ0) is 26.8. The molecule has 0 aliphatic carbocycles. The molecule has 1 heterocycles. The second kappa shape index (κ2) is 24.6. The number of furan rings is 1. The first-order chi connectivity index (χ1) is 18.2. The van der Waals surface area contributed by atoms with Crippen molar-refractivity contribution in [2.45, 2.75) is 155 Å². The van der Waals surface area contributed by atoms with Gasteiger partial charge in [-0.1, -0.05) is 142 Å². The lowest BCUT2D eigenvalue weighted by molar-refractivity contribution is 0.0426. The Kier molecular flexibility index (Phi) is 22.1. The first-order valence-electron chi connectivity index (χ1n) is 15.6. The molecule has 0 amide bonds. The predicted octanol–water partition coefficient (Wildman–Crippen LogP) is 10.2. The van der Waals surface area contributed by atoms with Crippen molar-refractivity contribution < 1.29 is 23.5 Å². The van der Waals surface area contributed by atoms with E-state index in [1.807, 2.05) is 0 Å². The number of hydrogen-bond donors (Lipinski definition) is 0. The molecule has 0 aliphatic heterocycles. The molecule has 0 unspecified atom stereocenters. The van der Waals surface area contributed by atoms with Crippen LogP contribution in [-0.2, 0) is 9.47 Å². The summed E-state index contributed by atoms with van der Waals surface area (Å²) in [6.07, 6.45) is 27.5. The van der Waals surface area contributed by atoms with Crippen LogP contribution >= 0.6 is 0 Å². The molecule has 5 heteroatoms. The molecule has 0 aliphatic rings. The number of carbonyl (C=O) groups excluding carboxylic acids is 2. The fourth-order valence-corrected chi connectivity index (χ4v) is 4.56. The van der Waals surface area contributed by atoms with Gasteiger partial charge in [0.1, 0.15) is 0 Å². The Bertz CT molecular complexity index is 611. The molecule has 0 atom stereocenters. The van der Waals surface area contributed by atoms with Gasteiger partial charge in [-0.2, -0.15) is 0 Å². The van der Waals surface area contributed by atoms with Crippen LogP contribution in [0, 0.1) is 0 Å². The van der Waals surface area contributed by atoms with Gasteiger partial charge in [0.25, 0.3) is 0 Å². The number of ether oxygens (including phenoxy) is 2. The van der Waals surface area contributed by atoms with Crippen LogP contribution in [0.5, 0.6) is 0 Å². The highest BCUT2D eigenvalue weighted by Crippen LogP contribution is 2.14. The minimum Gasteiger partial charge on any atom is -0.460 e. The molecular weight excluding hydrogens is 464 g/mol. The van der Waals surface area contributed by atoms with E-state index in [0.29, 0.717) is 13.2 Å². The molecule has 214 valence electrons. The summed E-state index contributed by atoms with van der Waals surface area (Å²) in [5.41, 5.74) is 0. The SMILES string of the molecule is CCCCCCCCCCCCCOC(=O)c1ccc(C(=O)OCCCCCCCCCCCCC)o1. The van der Waals surface area contributed by atoms with Crippen LogP contribution in [-0.4, -0.2) is 25.2 Å². The van der Waals surface area contributed by atoms with Crippen molar-refractivity contribution in [1.29, 1.82) is 0 Å². The molecule has 0 N–H and O–H groups in total. The number of rotatable bonds is 26. The minimum atomic E-state index is -0.517. The van der Waals surface area contributed by atoms with E-state index in [1.54, 1.807) is 0 Å². The van der Waals surface area contributed by atoms with E-state index >= 15 is 0 Å². The summed E-state index contributed by atoms with van der Waals surface area (Å²) in [7, 11) is 0. The number of hydrogen-bond acceptors (Lipinski definition) is 5. The Balaban J connectivity index is 1.99. The van der Waals surface area contributed by atoms with Gasteiger partial charge in [-0.25, -0.2) is 9.59 Å². The molecule has 0 spiro atoms. The zero-order valence-corrected chi connectivity index (χ0v) is 24.2. The van der Waals surface area contributed by atoms with Crippen LogP contribution in [0.3, 0.4) is 0 Å². The van der Waals surface area contributed by atoms with Crippen molar-refractivity contribution in [2.75, 3.05) is 13.2 Å². The van der Waals surface area contributed by atoms with Crippen LogP contribution in [0.25, 0.3) is 0 Å². The summed E-state index contributed by atoms with van der Waals surface area (Å²) in [5.74, 6) is -0.914. The van der Waals surface area contributed by atoms with Crippen molar-refractivity contribution in [2.24, 2.45) is 0 Å². The van der Waals surface area contributed by atoms with Crippen LogP contribution in [0.4, 0.5) is 0 Å². The molecule has 1 rings (SSSR count). The number of unbranched alkanes of at least 4 members (excludes halogenated alkanes) is 20. The molecule has 1 aromatic heterocycles. The molecular formula is C32H56O5. The van der Waals surface area contributed by atoms with E-state index in [0.717, 1.165) is 25.7 Å². The van der Waals surface area contributed by atoms with Gasteiger partial charge in [0.05, 0.1) is 13.2 Å². The van der Waals surface area contributed by atoms with Crippen LogP contribution in [0.15, 0.2) is 16.5 Å². The fraction of sp³-hybridized carbons (Fsp3) is 0.812. The molecule has 0 fully saturated rings. The molecule has 0 radical (unpaired) electrons. The molecule has 0 saturated carbocycles. The van der Waals surface area contributed by atoms with Crippen LogP contribution < -0.4 is 0 Å². The van der Waals surface area contributed by atoms with Crippen molar-refractivity contribution in [3.63, 3.8) is 0 Å². The average Bonchev–Trinajstić information content (AvgIpc) is 3.40. The predicted molar refractivity (Wildman–Crippen MR) is 152 cm³/mol. The van der Waals surface area contributed by atoms with Crippen LogP contribution in [0.1, 0.15) is 176 Å². The van der Waals surface area contributed by atoms with Crippen LogP contribution in [0.2, 0.25) is 0 Å². The van der Waals surface area contributed by atoms with E-state index in [9.17, 15) is 9.59 Å². The molecule has 1 aromatic rings. The third-order valence-electron chi connectivity index (χ3n) is 6.97. The van der Waals surface area contributed by atoms with Crippen molar-refractivity contribution >= 4 is 11.9 Å². The third-order valence-corrected chi connectivity index (χ3v) is 6.97. The standard InChI is InChI=1S/C32H56O5/c1-3-5-7-9-11-13-15-17-19-21-23-27-35-31(33)29-25-26-30(37-29)32(34)36-28-24-22-20-18-16-14-12-10-8-6-4-2/h25-26H,3-24,27-28H2,1-2H3. The summed E-state index contributed by atoms with van der Waals surface area (Å²) in [6, 6.07) is 2.98. The monoisotopic (exact) mass is 520 g/mol. The Labute approximate surface area is 227 Å². The lowest BCUT2D eigenvalue weighted by atomic mass is 10.1. The summed E-state index contributed by atoms with van der Waals surface area (Å²) in [4.78, 5) is 24.3. The maximum Gasteiger partial charge on any atom is 0.374 e. The van der Waals surface area contributed by atoms with Crippen molar-refractivity contribution in [3.05, 3.63) is 23.7 Å². The molecule has 0 saturated heterocycles. The van der Waals surface area contributed by atoms with Gasteiger partial charge in [0, 0.05) is 0 Å². The van der Waals surface area contributed by atoms with Gasteiger partial charge in [0.15, 0.2) is 0 Å². The highest BCUT2D eigenvalue weighted by Gasteiger charge is 2.17. The lowest BCUT2D eigenvalue weighted by Gasteiger charge is -2.05. The maximum absolute atomic E-state index is 12.2. The Morgan fingerprint density at radius 2 is 0.757 bits per heavy atom. The second-order valence-electron chi connectivity index (χ2n) is 10.5. The topological polar surface area (TPSA) is 65.7 Å². The summed E-state index contributed by atoms with van der Waals surface area (Å²) < 4.78 is 16.0. The largest absolute Gasteiger partial charge is 0.460 e. The van der Waals surface area contributed by atoms with Gasteiger partial charge < -0.3 is 13.9 Å². The third kappa shape index (κ3) is 19.0. The van der Waals surface area contributed by atoms with Gasteiger partial charge in [-0.15, -0.1) is 0 Å². The fourth-order valence-electron chi connectivity index (χ4n) is 4.56. The quantitative estimate of drug-likeness (QED) is 0.0897. The minimum absolute atomic E-state index is 0.0599. The molecule has 5 nitrogen and oxygen atoms in total. The summed E-state index contributed by atoms with van der Waals surface area (Å²) in [5, 5.41) is 0. The average molecular weight is 521 g/mol. The van der Waals surface area contributed by atoms with Gasteiger partial charge in [-0.05, 0) is 25.0 Å². The van der Waals surface area contributed by atoms with E-state index in [4.69, 9.17) is 13.9 Å². The van der Waals surface area contributed by atoms with Crippen molar-refractivity contribution in [3.8, 4) is 0 Å².